The molecule has 100 valence electrons. The van der Waals surface area contributed by atoms with Crippen molar-refractivity contribution in [3.05, 3.63) is 35.9 Å². The Hall–Kier alpha value is -1.19. The molecule has 0 fully saturated rings. The Balaban J connectivity index is 2.89. The van der Waals surface area contributed by atoms with Gasteiger partial charge in [-0.1, -0.05) is 30.3 Å². The van der Waals surface area contributed by atoms with Gasteiger partial charge in [0.05, 0.1) is 13.2 Å². The molecule has 0 aliphatic carbocycles. The minimum Gasteiger partial charge on any atom is -0.384 e. The summed E-state index contributed by atoms with van der Waals surface area (Å²) in [6, 6.07) is 10.1. The molecule has 0 spiro atoms. The van der Waals surface area contributed by atoms with Gasteiger partial charge in [0.15, 0.2) is 0 Å². The number of Topliss-reactive ketones (excluding diaryl/α,β-unsaturated/α-hetero) is 1. The summed E-state index contributed by atoms with van der Waals surface area (Å²) in [6.45, 7) is 2.66. The fourth-order valence-corrected chi connectivity index (χ4v) is 2.48. The Labute approximate surface area is 109 Å². The van der Waals surface area contributed by atoms with Crippen molar-refractivity contribution >= 4 is 5.78 Å². The standard InChI is InChI=1S/C15H22O3/c1-13(16)9-15(11-17-2,12-18-3)10-14-7-5-4-6-8-14/h4-8H,9-12H2,1-3H3. The van der Waals surface area contributed by atoms with Crippen LogP contribution in [0.1, 0.15) is 18.9 Å². The normalized spacial score (nSPS) is 11.5. The molecular formula is C15H22O3. The summed E-state index contributed by atoms with van der Waals surface area (Å²) >= 11 is 0. The smallest absolute Gasteiger partial charge is 0.130 e. The van der Waals surface area contributed by atoms with Gasteiger partial charge in [-0.3, -0.25) is 0 Å². The second-order valence-corrected chi connectivity index (χ2v) is 4.91. The summed E-state index contributed by atoms with van der Waals surface area (Å²) in [5.41, 5.74) is 0.935. The molecule has 1 aromatic rings. The monoisotopic (exact) mass is 250 g/mol. The molecular weight excluding hydrogens is 228 g/mol. The highest BCUT2D eigenvalue weighted by atomic mass is 16.5. The molecule has 0 heterocycles. The third kappa shape index (κ3) is 4.59. The van der Waals surface area contributed by atoms with E-state index in [0.29, 0.717) is 19.6 Å². The molecule has 3 heteroatoms. The highest BCUT2D eigenvalue weighted by Gasteiger charge is 2.32. The van der Waals surface area contributed by atoms with Crippen LogP contribution in [0.25, 0.3) is 0 Å². The Morgan fingerprint density at radius 1 is 1.11 bits per heavy atom. The third-order valence-electron chi connectivity index (χ3n) is 2.95. The van der Waals surface area contributed by atoms with Crippen molar-refractivity contribution in [1.82, 2.24) is 0 Å². The summed E-state index contributed by atoms with van der Waals surface area (Å²) in [7, 11) is 3.32. The number of methoxy groups -OCH3 is 2. The lowest BCUT2D eigenvalue weighted by atomic mass is 9.79. The van der Waals surface area contributed by atoms with Crippen molar-refractivity contribution in [2.75, 3.05) is 27.4 Å². The zero-order valence-electron chi connectivity index (χ0n) is 11.4. The van der Waals surface area contributed by atoms with Gasteiger partial charge in [0.1, 0.15) is 5.78 Å². The molecule has 0 aliphatic rings. The van der Waals surface area contributed by atoms with Crippen LogP contribution in [0.15, 0.2) is 30.3 Å². The molecule has 0 bridgehead atoms. The molecule has 3 nitrogen and oxygen atoms in total. The van der Waals surface area contributed by atoms with E-state index in [1.165, 1.54) is 5.56 Å². The first-order valence-electron chi connectivity index (χ1n) is 6.13. The van der Waals surface area contributed by atoms with Gasteiger partial charge >= 0.3 is 0 Å². The molecule has 0 amide bonds. The molecule has 0 radical (unpaired) electrons. The molecule has 1 rings (SSSR count). The number of hydrogen-bond acceptors (Lipinski definition) is 3. The summed E-state index contributed by atoms with van der Waals surface area (Å²) in [5, 5.41) is 0. The fraction of sp³-hybridized carbons (Fsp3) is 0.533. The first-order valence-corrected chi connectivity index (χ1v) is 6.13. The van der Waals surface area contributed by atoms with E-state index < -0.39 is 0 Å². The Morgan fingerprint density at radius 3 is 2.11 bits per heavy atom. The SMILES string of the molecule is COCC(COC)(CC(C)=O)Cc1ccccc1. The third-order valence-corrected chi connectivity index (χ3v) is 2.95. The average Bonchev–Trinajstić information content (AvgIpc) is 2.29. The van der Waals surface area contributed by atoms with Crippen molar-refractivity contribution in [1.29, 1.82) is 0 Å². The van der Waals surface area contributed by atoms with Gasteiger partial charge in [-0.05, 0) is 18.9 Å². The summed E-state index contributed by atoms with van der Waals surface area (Å²) in [4.78, 5) is 11.5. The topological polar surface area (TPSA) is 35.5 Å². The van der Waals surface area contributed by atoms with Crippen molar-refractivity contribution in [3.8, 4) is 0 Å². The highest BCUT2D eigenvalue weighted by molar-refractivity contribution is 5.76. The lowest BCUT2D eigenvalue weighted by Crippen LogP contribution is -2.36. The summed E-state index contributed by atoms with van der Waals surface area (Å²) < 4.78 is 10.6. The van der Waals surface area contributed by atoms with Crippen molar-refractivity contribution in [2.45, 2.75) is 19.8 Å². The zero-order valence-corrected chi connectivity index (χ0v) is 11.4. The lowest BCUT2D eigenvalue weighted by molar-refractivity contribution is -0.121. The van der Waals surface area contributed by atoms with Crippen LogP contribution < -0.4 is 0 Å². The van der Waals surface area contributed by atoms with Crippen LogP contribution in [0.2, 0.25) is 0 Å². The Bertz CT molecular complexity index is 353. The minimum atomic E-state index is -0.267. The van der Waals surface area contributed by atoms with E-state index in [1.54, 1.807) is 21.1 Å². The van der Waals surface area contributed by atoms with E-state index in [4.69, 9.17) is 9.47 Å². The predicted octanol–water partition coefficient (Wildman–Crippen LogP) is 2.49. The largest absolute Gasteiger partial charge is 0.384 e. The number of rotatable bonds is 8. The van der Waals surface area contributed by atoms with Gasteiger partial charge in [0, 0.05) is 26.1 Å². The quantitative estimate of drug-likeness (QED) is 0.711. The highest BCUT2D eigenvalue weighted by Crippen LogP contribution is 2.28. The maximum atomic E-state index is 11.5. The van der Waals surface area contributed by atoms with Crippen molar-refractivity contribution < 1.29 is 14.3 Å². The number of carbonyl (C=O) groups is 1. The van der Waals surface area contributed by atoms with Crippen LogP contribution in [0, 0.1) is 5.41 Å². The lowest BCUT2D eigenvalue weighted by Gasteiger charge is -2.31. The van der Waals surface area contributed by atoms with Crippen LogP contribution >= 0.6 is 0 Å². The van der Waals surface area contributed by atoms with Crippen LogP contribution in [-0.4, -0.2) is 33.2 Å². The summed E-state index contributed by atoms with van der Waals surface area (Å²) in [6.07, 6.45) is 1.26. The Kier molecular flexibility index (Phi) is 6.02. The van der Waals surface area contributed by atoms with Gasteiger partial charge in [0.2, 0.25) is 0 Å². The second-order valence-electron chi connectivity index (χ2n) is 4.91. The maximum absolute atomic E-state index is 11.5. The van der Waals surface area contributed by atoms with Crippen LogP contribution in [0.3, 0.4) is 0 Å². The van der Waals surface area contributed by atoms with Gasteiger partial charge < -0.3 is 14.3 Å². The molecule has 0 saturated carbocycles. The predicted molar refractivity (Wildman–Crippen MR) is 71.6 cm³/mol. The first-order chi connectivity index (χ1) is 8.62. The average molecular weight is 250 g/mol. The molecule has 18 heavy (non-hydrogen) atoms. The second kappa shape index (κ2) is 7.29. The van der Waals surface area contributed by atoms with E-state index in [-0.39, 0.29) is 11.2 Å². The van der Waals surface area contributed by atoms with Gasteiger partial charge in [0.25, 0.3) is 0 Å². The van der Waals surface area contributed by atoms with Crippen molar-refractivity contribution in [3.63, 3.8) is 0 Å². The summed E-state index contributed by atoms with van der Waals surface area (Å²) in [5.74, 6) is 0.167. The molecule has 0 saturated heterocycles. The molecule has 1 aromatic carbocycles. The van der Waals surface area contributed by atoms with Crippen LogP contribution in [-0.2, 0) is 20.7 Å². The van der Waals surface area contributed by atoms with E-state index >= 15 is 0 Å². The first kappa shape index (κ1) is 14.9. The van der Waals surface area contributed by atoms with Crippen molar-refractivity contribution in [2.24, 2.45) is 5.41 Å². The van der Waals surface area contributed by atoms with E-state index in [2.05, 4.69) is 12.1 Å². The zero-order chi connectivity index (χ0) is 13.4. The van der Waals surface area contributed by atoms with Gasteiger partial charge in [-0.15, -0.1) is 0 Å². The number of ether oxygens (including phenoxy) is 2. The molecule has 0 unspecified atom stereocenters. The number of ketones is 1. The maximum Gasteiger partial charge on any atom is 0.130 e. The molecule has 0 aliphatic heterocycles. The van der Waals surface area contributed by atoms with Crippen LogP contribution in [0.4, 0.5) is 0 Å². The molecule has 0 aromatic heterocycles. The van der Waals surface area contributed by atoms with E-state index in [1.807, 2.05) is 18.2 Å². The number of hydrogen-bond donors (Lipinski definition) is 0. The minimum absolute atomic E-state index is 0.167. The van der Waals surface area contributed by atoms with Gasteiger partial charge in [-0.2, -0.15) is 0 Å². The molecule has 0 atom stereocenters. The molecule has 0 N–H and O–H groups in total. The van der Waals surface area contributed by atoms with E-state index in [0.717, 1.165) is 6.42 Å². The number of carbonyl (C=O) groups excluding carboxylic acids is 1. The Morgan fingerprint density at radius 2 is 1.67 bits per heavy atom. The van der Waals surface area contributed by atoms with Crippen LogP contribution in [0.5, 0.6) is 0 Å². The van der Waals surface area contributed by atoms with E-state index in [9.17, 15) is 4.79 Å². The fourth-order valence-electron chi connectivity index (χ4n) is 2.48. The van der Waals surface area contributed by atoms with Gasteiger partial charge in [-0.25, -0.2) is 0 Å². The number of benzene rings is 1.